The van der Waals surface area contributed by atoms with Crippen LogP contribution in [-0.4, -0.2) is 83.7 Å². The Balaban J connectivity index is 3.75. The maximum atomic E-state index is 11.9. The molecule has 0 aliphatic heterocycles. The largest absolute Gasteiger partial charge is 0.466 e. The first-order valence-corrected chi connectivity index (χ1v) is 9.90. The molecule has 1 N–H and O–H groups in total. The molecule has 0 saturated heterocycles. The van der Waals surface area contributed by atoms with Crippen LogP contribution in [0.3, 0.4) is 0 Å². The molecule has 13 nitrogen and oxygen atoms in total. The summed E-state index contributed by atoms with van der Waals surface area (Å²) < 4.78 is 30.9. The fourth-order valence-corrected chi connectivity index (χ4v) is 3.57. The summed E-state index contributed by atoms with van der Waals surface area (Å²) in [6.07, 6.45) is -9.09. The van der Waals surface area contributed by atoms with E-state index in [1.165, 1.54) is 0 Å². The smallest absolute Gasteiger partial charge is 0.303 e. The first-order valence-electron chi connectivity index (χ1n) is 9.90. The van der Waals surface area contributed by atoms with Gasteiger partial charge in [-0.05, 0) is 0 Å². The minimum absolute atomic E-state index is 0.445. The zero-order chi connectivity index (χ0) is 25.5. The van der Waals surface area contributed by atoms with Crippen LogP contribution in [0, 0.1) is 0 Å². The number of esters is 6. The molecule has 0 radical (unpaired) electrons. The van der Waals surface area contributed by atoms with E-state index in [0.717, 1.165) is 41.5 Å². The summed E-state index contributed by atoms with van der Waals surface area (Å²) in [6, 6.07) is 0. The van der Waals surface area contributed by atoms with Crippen molar-refractivity contribution < 1.29 is 62.3 Å². The number of aliphatic hydroxyl groups is 1. The molecule has 1 saturated carbocycles. The highest BCUT2D eigenvalue weighted by Crippen LogP contribution is 2.41. The van der Waals surface area contributed by atoms with Crippen LogP contribution >= 0.6 is 0 Å². The first kappa shape index (κ1) is 27.8. The van der Waals surface area contributed by atoms with Crippen LogP contribution < -0.4 is 0 Å². The molecule has 1 aliphatic rings. The third-order valence-electron chi connectivity index (χ3n) is 4.53. The monoisotopic (exact) mass is 476 g/mol. The molecule has 0 amide bonds. The van der Waals surface area contributed by atoms with Gasteiger partial charge in [0, 0.05) is 48.0 Å². The summed E-state index contributed by atoms with van der Waals surface area (Å²) in [4.78, 5) is 70.4. The maximum absolute atomic E-state index is 11.9. The molecule has 0 bridgehead atoms. The number of carbonyl (C=O) groups excluding carboxylic acids is 6. The second-order valence-electron chi connectivity index (χ2n) is 7.36. The minimum Gasteiger partial charge on any atom is -0.466 e. The highest BCUT2D eigenvalue weighted by Gasteiger charge is 2.66. The predicted molar refractivity (Wildman–Crippen MR) is 104 cm³/mol. The van der Waals surface area contributed by atoms with E-state index in [4.69, 9.17) is 28.4 Å². The van der Waals surface area contributed by atoms with Crippen LogP contribution in [0.15, 0.2) is 0 Å². The van der Waals surface area contributed by atoms with Gasteiger partial charge in [-0.25, -0.2) is 0 Å². The predicted octanol–water partition coefficient (Wildman–Crippen LogP) is -0.657. The standard InChI is InChI=1S/C20H28O13/c1-9(21)28-8-7-20(27)18(32-13(5)25)16(30-11(3)23)15(29-10(2)22)17(31-12(4)24)19(20)33-14(6)26/h15-19,27H,7-8H2,1-6H3/t15-,16?,17?,18?,19?,20+. The lowest BCUT2D eigenvalue weighted by Gasteiger charge is -2.52. The molecule has 13 heteroatoms. The molecule has 1 fully saturated rings. The quantitative estimate of drug-likeness (QED) is 0.345. The average Bonchev–Trinajstić information content (AvgIpc) is 2.63. The van der Waals surface area contributed by atoms with E-state index in [1.807, 2.05) is 0 Å². The van der Waals surface area contributed by atoms with E-state index in [0.29, 0.717) is 0 Å². The Kier molecular flexibility index (Phi) is 9.77. The van der Waals surface area contributed by atoms with Crippen molar-refractivity contribution in [3.05, 3.63) is 0 Å². The molecular weight excluding hydrogens is 448 g/mol. The number of ether oxygens (including phenoxy) is 6. The molecule has 33 heavy (non-hydrogen) atoms. The van der Waals surface area contributed by atoms with Gasteiger partial charge in [0.2, 0.25) is 0 Å². The third kappa shape index (κ3) is 7.70. The molecule has 0 heterocycles. The van der Waals surface area contributed by atoms with Crippen molar-refractivity contribution in [2.45, 2.75) is 84.1 Å². The van der Waals surface area contributed by atoms with Gasteiger partial charge >= 0.3 is 35.8 Å². The number of hydrogen-bond donors (Lipinski definition) is 1. The molecular formula is C20H28O13. The molecule has 4 unspecified atom stereocenters. The molecule has 1 aliphatic carbocycles. The summed E-state index contributed by atoms with van der Waals surface area (Å²) in [5.41, 5.74) is -2.41. The van der Waals surface area contributed by atoms with Gasteiger partial charge in [0.25, 0.3) is 0 Å². The van der Waals surface area contributed by atoms with Crippen molar-refractivity contribution in [2.75, 3.05) is 6.61 Å². The maximum Gasteiger partial charge on any atom is 0.303 e. The lowest BCUT2D eigenvalue weighted by Crippen LogP contribution is -2.74. The Morgan fingerprint density at radius 2 is 0.909 bits per heavy atom. The lowest BCUT2D eigenvalue weighted by molar-refractivity contribution is -0.288. The van der Waals surface area contributed by atoms with Crippen molar-refractivity contribution >= 4 is 35.8 Å². The summed E-state index contributed by atoms with van der Waals surface area (Å²) in [5.74, 6) is -5.29. The average molecular weight is 476 g/mol. The van der Waals surface area contributed by atoms with E-state index in [9.17, 15) is 33.9 Å². The Bertz CT molecular complexity index is 745. The van der Waals surface area contributed by atoms with E-state index < -0.39 is 85.0 Å². The van der Waals surface area contributed by atoms with Gasteiger partial charge in [-0.2, -0.15) is 0 Å². The van der Waals surface area contributed by atoms with Gasteiger partial charge < -0.3 is 33.5 Å². The van der Waals surface area contributed by atoms with Crippen LogP contribution in [0.25, 0.3) is 0 Å². The highest BCUT2D eigenvalue weighted by molar-refractivity contribution is 5.70. The van der Waals surface area contributed by atoms with Crippen molar-refractivity contribution in [1.82, 2.24) is 0 Å². The van der Waals surface area contributed by atoms with E-state index in [2.05, 4.69) is 0 Å². The summed E-state index contributed by atoms with van der Waals surface area (Å²) in [7, 11) is 0. The SMILES string of the molecule is CC(=O)OCC[C@]1(O)C(OC(C)=O)C(OC(C)=O)[C@@H](OC(C)=O)C(OC(C)=O)C1OC(C)=O. The first-order chi connectivity index (χ1) is 15.2. The van der Waals surface area contributed by atoms with Gasteiger partial charge in [-0.1, -0.05) is 0 Å². The van der Waals surface area contributed by atoms with Crippen LogP contribution in [0.5, 0.6) is 0 Å². The van der Waals surface area contributed by atoms with Crippen molar-refractivity contribution in [3.8, 4) is 0 Å². The Hall–Kier alpha value is -3.22. The van der Waals surface area contributed by atoms with Gasteiger partial charge in [-0.15, -0.1) is 0 Å². The van der Waals surface area contributed by atoms with Crippen molar-refractivity contribution in [1.29, 1.82) is 0 Å². The van der Waals surface area contributed by atoms with Gasteiger partial charge in [-0.3, -0.25) is 28.8 Å². The number of carbonyl (C=O) groups is 6. The molecule has 0 aromatic heterocycles. The zero-order valence-electron chi connectivity index (χ0n) is 19.1. The van der Waals surface area contributed by atoms with Gasteiger partial charge in [0.05, 0.1) is 6.61 Å². The van der Waals surface area contributed by atoms with Crippen LogP contribution in [0.2, 0.25) is 0 Å². The summed E-state index contributed by atoms with van der Waals surface area (Å²) >= 11 is 0. The summed E-state index contributed by atoms with van der Waals surface area (Å²) in [5, 5.41) is 11.7. The molecule has 0 aromatic rings. The van der Waals surface area contributed by atoms with Gasteiger partial charge in [0.1, 0.15) is 5.60 Å². The van der Waals surface area contributed by atoms with Crippen molar-refractivity contribution in [2.24, 2.45) is 0 Å². The fourth-order valence-electron chi connectivity index (χ4n) is 3.57. The van der Waals surface area contributed by atoms with Crippen LogP contribution in [-0.2, 0) is 57.2 Å². The normalized spacial score (nSPS) is 28.6. The zero-order valence-corrected chi connectivity index (χ0v) is 19.1. The molecule has 1 rings (SSSR count). The second-order valence-corrected chi connectivity index (χ2v) is 7.36. The number of hydrogen-bond acceptors (Lipinski definition) is 13. The Labute approximate surface area is 189 Å². The molecule has 0 aromatic carbocycles. The van der Waals surface area contributed by atoms with Crippen LogP contribution in [0.1, 0.15) is 48.0 Å². The highest BCUT2D eigenvalue weighted by atomic mass is 16.7. The van der Waals surface area contributed by atoms with Crippen LogP contribution in [0.4, 0.5) is 0 Å². The number of rotatable bonds is 8. The fraction of sp³-hybridized carbons (Fsp3) is 0.700. The lowest BCUT2D eigenvalue weighted by atomic mass is 9.72. The molecule has 0 spiro atoms. The van der Waals surface area contributed by atoms with E-state index >= 15 is 0 Å². The second kappa shape index (κ2) is 11.6. The van der Waals surface area contributed by atoms with Crippen molar-refractivity contribution in [3.63, 3.8) is 0 Å². The minimum atomic E-state index is -2.41. The van der Waals surface area contributed by atoms with E-state index in [-0.39, 0.29) is 0 Å². The van der Waals surface area contributed by atoms with Gasteiger partial charge in [0.15, 0.2) is 30.5 Å². The molecule has 186 valence electrons. The topological polar surface area (TPSA) is 178 Å². The Morgan fingerprint density at radius 1 is 0.576 bits per heavy atom. The third-order valence-corrected chi connectivity index (χ3v) is 4.53. The van der Waals surface area contributed by atoms with E-state index in [1.54, 1.807) is 0 Å². The Morgan fingerprint density at radius 3 is 1.21 bits per heavy atom. The summed E-state index contributed by atoms with van der Waals surface area (Å²) in [6.45, 7) is 5.68. The molecule has 4 atom stereocenters.